The van der Waals surface area contributed by atoms with Gasteiger partial charge >= 0.3 is 0 Å². The lowest BCUT2D eigenvalue weighted by Crippen LogP contribution is -2.23. The summed E-state index contributed by atoms with van der Waals surface area (Å²) < 4.78 is 0. The molecule has 0 saturated heterocycles. The molecular formula is C14H14N4O3. The second-order valence-corrected chi connectivity index (χ2v) is 4.24. The second kappa shape index (κ2) is 6.47. The highest BCUT2D eigenvalue weighted by Crippen LogP contribution is 2.24. The standard InChI is InChI=1S/C14H14N4O3/c1-15-12-6-5-10(8-13(12)18(20)21)14(19)17-9-11-4-2-3-7-16-11/h2-8,15H,9H2,1H3,(H,17,19). The fourth-order valence-corrected chi connectivity index (χ4v) is 1.81. The average molecular weight is 286 g/mol. The third kappa shape index (κ3) is 3.53. The lowest BCUT2D eigenvalue weighted by atomic mass is 10.1. The lowest BCUT2D eigenvalue weighted by molar-refractivity contribution is -0.384. The first-order chi connectivity index (χ1) is 10.1. The Morgan fingerprint density at radius 1 is 1.33 bits per heavy atom. The minimum atomic E-state index is -0.526. The van der Waals surface area contributed by atoms with Crippen molar-refractivity contribution in [2.24, 2.45) is 0 Å². The van der Waals surface area contributed by atoms with Crippen molar-refractivity contribution in [3.05, 3.63) is 64.0 Å². The summed E-state index contributed by atoms with van der Waals surface area (Å²) in [5, 5.41) is 16.4. The average Bonchev–Trinajstić information content (AvgIpc) is 2.52. The Morgan fingerprint density at radius 3 is 2.76 bits per heavy atom. The molecule has 0 fully saturated rings. The fraction of sp³-hybridized carbons (Fsp3) is 0.143. The maximum absolute atomic E-state index is 12.0. The predicted molar refractivity (Wildman–Crippen MR) is 78.1 cm³/mol. The van der Waals surface area contributed by atoms with E-state index in [0.29, 0.717) is 11.4 Å². The van der Waals surface area contributed by atoms with Gasteiger partial charge in [-0.1, -0.05) is 6.07 Å². The van der Waals surface area contributed by atoms with E-state index in [1.54, 1.807) is 25.4 Å². The molecule has 7 heteroatoms. The van der Waals surface area contributed by atoms with Crippen LogP contribution in [0.5, 0.6) is 0 Å². The Kier molecular flexibility index (Phi) is 4.45. The normalized spacial score (nSPS) is 9.95. The van der Waals surface area contributed by atoms with Crippen molar-refractivity contribution >= 4 is 17.3 Å². The minimum absolute atomic E-state index is 0.136. The van der Waals surface area contributed by atoms with Gasteiger partial charge in [0, 0.05) is 24.9 Å². The van der Waals surface area contributed by atoms with Gasteiger partial charge in [-0.25, -0.2) is 0 Å². The molecule has 21 heavy (non-hydrogen) atoms. The van der Waals surface area contributed by atoms with Gasteiger partial charge in [0.2, 0.25) is 0 Å². The van der Waals surface area contributed by atoms with Crippen molar-refractivity contribution in [3.63, 3.8) is 0 Å². The molecule has 0 aliphatic heterocycles. The molecule has 108 valence electrons. The molecule has 7 nitrogen and oxygen atoms in total. The largest absolute Gasteiger partial charge is 0.383 e. The van der Waals surface area contributed by atoms with Crippen LogP contribution in [0.15, 0.2) is 42.6 Å². The molecule has 0 atom stereocenters. The third-order valence-electron chi connectivity index (χ3n) is 2.88. The zero-order valence-electron chi connectivity index (χ0n) is 11.4. The first-order valence-electron chi connectivity index (χ1n) is 6.26. The number of nitro benzene ring substituents is 1. The van der Waals surface area contributed by atoms with E-state index in [-0.39, 0.29) is 23.7 Å². The summed E-state index contributed by atoms with van der Waals surface area (Å²) in [6.45, 7) is 0.265. The van der Waals surface area contributed by atoms with Gasteiger partial charge in [-0.3, -0.25) is 19.9 Å². The van der Waals surface area contributed by atoms with E-state index in [2.05, 4.69) is 15.6 Å². The maximum Gasteiger partial charge on any atom is 0.293 e. The number of anilines is 1. The summed E-state index contributed by atoms with van der Waals surface area (Å²) in [6, 6.07) is 9.68. The number of benzene rings is 1. The second-order valence-electron chi connectivity index (χ2n) is 4.24. The molecular weight excluding hydrogens is 272 g/mol. The van der Waals surface area contributed by atoms with Gasteiger partial charge in [-0.15, -0.1) is 0 Å². The van der Waals surface area contributed by atoms with Crippen molar-refractivity contribution < 1.29 is 9.72 Å². The van der Waals surface area contributed by atoms with E-state index in [1.165, 1.54) is 18.2 Å². The van der Waals surface area contributed by atoms with Crippen LogP contribution >= 0.6 is 0 Å². The first-order valence-corrected chi connectivity index (χ1v) is 6.26. The van der Waals surface area contributed by atoms with Gasteiger partial charge in [0.25, 0.3) is 11.6 Å². The van der Waals surface area contributed by atoms with E-state index in [9.17, 15) is 14.9 Å². The molecule has 0 bridgehead atoms. The maximum atomic E-state index is 12.0. The van der Waals surface area contributed by atoms with Gasteiger partial charge in [-0.2, -0.15) is 0 Å². The molecule has 2 aromatic rings. The number of nitrogens with one attached hydrogen (secondary N) is 2. The molecule has 1 aromatic heterocycles. The SMILES string of the molecule is CNc1ccc(C(=O)NCc2ccccn2)cc1[N+](=O)[O-]. The van der Waals surface area contributed by atoms with Gasteiger partial charge in [0.05, 0.1) is 17.2 Å². The number of hydrogen-bond acceptors (Lipinski definition) is 5. The molecule has 0 aliphatic rings. The van der Waals surface area contributed by atoms with E-state index in [0.717, 1.165) is 0 Å². The number of pyridine rings is 1. The Balaban J connectivity index is 2.12. The van der Waals surface area contributed by atoms with Crippen molar-refractivity contribution in [3.8, 4) is 0 Å². The van der Waals surface area contributed by atoms with Crippen LogP contribution in [0, 0.1) is 10.1 Å². The van der Waals surface area contributed by atoms with Crippen LogP contribution < -0.4 is 10.6 Å². The van der Waals surface area contributed by atoms with Crippen LogP contribution in [-0.2, 0) is 6.54 Å². The number of nitro groups is 1. The Bertz CT molecular complexity index is 659. The van der Waals surface area contributed by atoms with Crippen LogP contribution in [-0.4, -0.2) is 22.9 Å². The molecule has 2 rings (SSSR count). The van der Waals surface area contributed by atoms with E-state index < -0.39 is 4.92 Å². The summed E-state index contributed by atoms with van der Waals surface area (Å²) in [6.07, 6.45) is 1.63. The summed E-state index contributed by atoms with van der Waals surface area (Å²) >= 11 is 0. The van der Waals surface area contributed by atoms with Crippen molar-refractivity contribution in [2.75, 3.05) is 12.4 Å². The van der Waals surface area contributed by atoms with Crippen LogP contribution in [0.1, 0.15) is 16.1 Å². The molecule has 0 spiro atoms. The molecule has 0 aliphatic carbocycles. The summed E-state index contributed by atoms with van der Waals surface area (Å²) in [5.74, 6) is -0.383. The highest BCUT2D eigenvalue weighted by Gasteiger charge is 2.16. The van der Waals surface area contributed by atoms with Crippen molar-refractivity contribution in [1.82, 2.24) is 10.3 Å². The van der Waals surface area contributed by atoms with Crippen LogP contribution in [0.4, 0.5) is 11.4 Å². The Labute approximate surface area is 121 Å². The van der Waals surface area contributed by atoms with Gasteiger partial charge in [-0.05, 0) is 24.3 Å². The Morgan fingerprint density at radius 2 is 2.14 bits per heavy atom. The van der Waals surface area contributed by atoms with Gasteiger partial charge in [0.15, 0.2) is 0 Å². The Hall–Kier alpha value is -2.96. The highest BCUT2D eigenvalue weighted by atomic mass is 16.6. The van der Waals surface area contributed by atoms with E-state index >= 15 is 0 Å². The number of hydrogen-bond donors (Lipinski definition) is 2. The third-order valence-corrected chi connectivity index (χ3v) is 2.88. The molecule has 1 amide bonds. The summed E-state index contributed by atoms with van der Waals surface area (Å²) in [4.78, 5) is 26.5. The zero-order valence-corrected chi connectivity index (χ0v) is 11.4. The number of carbonyl (C=O) groups excluding carboxylic acids is 1. The molecule has 1 aromatic carbocycles. The minimum Gasteiger partial charge on any atom is -0.383 e. The topological polar surface area (TPSA) is 97.2 Å². The van der Waals surface area contributed by atoms with Gasteiger partial charge in [0.1, 0.15) is 5.69 Å². The molecule has 1 heterocycles. The van der Waals surface area contributed by atoms with Crippen LogP contribution in [0.2, 0.25) is 0 Å². The van der Waals surface area contributed by atoms with Crippen molar-refractivity contribution in [2.45, 2.75) is 6.54 Å². The molecule has 0 radical (unpaired) electrons. The quantitative estimate of drug-likeness (QED) is 0.647. The van der Waals surface area contributed by atoms with E-state index in [1.807, 2.05) is 6.07 Å². The predicted octanol–water partition coefficient (Wildman–Crippen LogP) is 1.96. The number of nitrogens with zero attached hydrogens (tertiary/aromatic N) is 2. The van der Waals surface area contributed by atoms with Crippen molar-refractivity contribution in [1.29, 1.82) is 0 Å². The number of carbonyl (C=O) groups is 1. The van der Waals surface area contributed by atoms with Crippen LogP contribution in [0.3, 0.4) is 0 Å². The first kappa shape index (κ1) is 14.4. The summed E-state index contributed by atoms with van der Waals surface area (Å²) in [7, 11) is 1.59. The molecule has 2 N–H and O–H groups in total. The number of amides is 1. The van der Waals surface area contributed by atoms with Crippen LogP contribution in [0.25, 0.3) is 0 Å². The van der Waals surface area contributed by atoms with E-state index in [4.69, 9.17) is 0 Å². The monoisotopic (exact) mass is 286 g/mol. The number of aromatic nitrogens is 1. The smallest absolute Gasteiger partial charge is 0.293 e. The molecule has 0 unspecified atom stereocenters. The lowest BCUT2D eigenvalue weighted by Gasteiger charge is -2.07. The summed E-state index contributed by atoms with van der Waals surface area (Å²) in [5.41, 5.74) is 1.17. The van der Waals surface area contributed by atoms with Gasteiger partial charge < -0.3 is 10.6 Å². The molecule has 0 saturated carbocycles. The fourth-order valence-electron chi connectivity index (χ4n) is 1.81. The number of rotatable bonds is 5. The highest BCUT2D eigenvalue weighted by molar-refractivity contribution is 5.95. The zero-order chi connectivity index (χ0) is 15.2.